The van der Waals surface area contributed by atoms with E-state index in [4.69, 9.17) is 42.1 Å². The highest BCUT2D eigenvalue weighted by atomic mass is 35.5. The van der Waals surface area contributed by atoms with Crippen LogP contribution in [0.1, 0.15) is 122 Å². The topological polar surface area (TPSA) is 374 Å². The van der Waals surface area contributed by atoms with Gasteiger partial charge in [0.25, 0.3) is 43.2 Å². The number of aromatic nitrogens is 4. The van der Waals surface area contributed by atoms with Gasteiger partial charge in [-0.05, 0) is 164 Å². The second-order valence-corrected chi connectivity index (χ2v) is 41.6. The Kier molecular flexibility index (Phi) is 25.2. The number of carbonyl (C=O) groups excluding carboxylic acids is 3. The van der Waals surface area contributed by atoms with Crippen LogP contribution in [0.15, 0.2) is 179 Å². The van der Waals surface area contributed by atoms with E-state index in [-0.39, 0.29) is 99.7 Å². The number of likely N-dealkylation sites (tertiary alicyclic amines) is 1. The number of hydrogen-bond donors (Lipinski definition) is 4. The van der Waals surface area contributed by atoms with Crippen LogP contribution in [-0.2, 0) is 47.5 Å². The number of nitrogens with one attached hydrogen (secondary N) is 4. The summed E-state index contributed by atoms with van der Waals surface area (Å²) in [6.45, 7) is 18.1. The Labute approximate surface area is 739 Å². The van der Waals surface area contributed by atoms with E-state index in [1.165, 1.54) is 64.0 Å². The first-order chi connectivity index (χ1) is 60.1. The third-order valence-electron chi connectivity index (χ3n) is 24.6. The maximum atomic E-state index is 14.0. The summed E-state index contributed by atoms with van der Waals surface area (Å²) in [5.74, 6) is -2.17. The summed E-state index contributed by atoms with van der Waals surface area (Å²) in [7, 11) is -12.8. The van der Waals surface area contributed by atoms with E-state index in [2.05, 4.69) is 101 Å². The number of pyridine rings is 2. The Hall–Kier alpha value is -11.5. The number of nitro benzene ring substituents is 2. The summed E-state index contributed by atoms with van der Waals surface area (Å²) in [5.41, 5.74) is 10.6. The van der Waals surface area contributed by atoms with Crippen LogP contribution in [0.4, 0.5) is 22.7 Å². The van der Waals surface area contributed by atoms with Crippen LogP contribution in [0.3, 0.4) is 0 Å². The molecule has 0 radical (unpaired) electrons. The number of allylic oxidation sites excluding steroid dienone is 2. The molecule has 6 aromatic carbocycles. The van der Waals surface area contributed by atoms with Crippen LogP contribution < -0.4 is 38.2 Å². The number of sulfone groups is 1. The van der Waals surface area contributed by atoms with E-state index in [1.54, 1.807) is 53.7 Å². The van der Waals surface area contributed by atoms with Gasteiger partial charge in [0, 0.05) is 184 Å². The predicted molar refractivity (Wildman–Crippen MR) is 481 cm³/mol. The van der Waals surface area contributed by atoms with E-state index in [1.807, 2.05) is 36.4 Å². The van der Waals surface area contributed by atoms with Gasteiger partial charge in [-0.1, -0.05) is 86.3 Å². The first-order valence-corrected chi connectivity index (χ1v) is 47.7. The number of sulfonamides is 2. The van der Waals surface area contributed by atoms with Crippen molar-refractivity contribution < 1.29 is 68.4 Å². The van der Waals surface area contributed by atoms with Crippen LogP contribution in [0.25, 0.3) is 33.2 Å². The Morgan fingerprint density at radius 3 is 1.40 bits per heavy atom. The Morgan fingerprint density at radius 2 is 0.984 bits per heavy atom. The maximum Gasteiger partial charge on any atom is 0.277 e. The van der Waals surface area contributed by atoms with Gasteiger partial charge in [-0.2, -0.15) is 0 Å². The largest absolute Gasteiger partial charge is 0.493 e. The van der Waals surface area contributed by atoms with Crippen LogP contribution in [0.5, 0.6) is 34.5 Å². The second kappa shape index (κ2) is 36.1. The zero-order chi connectivity index (χ0) is 88.7. The number of carbonyl (C=O) groups is 3. The van der Waals surface area contributed by atoms with E-state index in [0.717, 1.165) is 136 Å². The fourth-order valence-electron chi connectivity index (χ4n) is 17.9. The van der Waals surface area contributed by atoms with Gasteiger partial charge in [-0.15, -0.1) is 0 Å². The Morgan fingerprint density at radius 1 is 0.556 bits per heavy atom. The van der Waals surface area contributed by atoms with Gasteiger partial charge in [0.15, 0.2) is 0 Å². The molecule has 10 aromatic rings. The van der Waals surface area contributed by atoms with Crippen molar-refractivity contribution in [3.63, 3.8) is 0 Å². The van der Waals surface area contributed by atoms with Crippen molar-refractivity contribution in [2.45, 2.75) is 102 Å². The average molecular weight is 1810 g/mol. The molecule has 7 aliphatic rings. The fourth-order valence-corrected chi connectivity index (χ4v) is 21.2. The van der Waals surface area contributed by atoms with Gasteiger partial charge < -0.3 is 43.6 Å². The van der Waals surface area contributed by atoms with Gasteiger partial charge in [0.1, 0.15) is 55.6 Å². The molecule has 30 nitrogen and oxygen atoms in total. The lowest BCUT2D eigenvalue weighted by molar-refractivity contribution is -0.386. The number of rotatable bonds is 24. The molecule has 5 aliphatic heterocycles. The molecule has 3 saturated heterocycles. The fraction of sp³-hybridized carbons (Fsp3) is 0.374. The standard InChI is InChI=1S/C47H50ClN7O8S.C44H47ClN6O9S2/c1-47(2)13-11-33(40(25-47)31-5-7-34(48)8-6-31)28-52-16-18-53(19-17-52)35-9-10-38(43(22-35)63-36-21-32-12-14-49-45(32)50-26-36)46(57)51-64(60,61)37-23-41(55(58)59)39-20-30(29-62-42(39)24-37)27-54-15-3-4-44(54)56;1-44(2)12-10-31(38(23-44)29-4-6-32(45)7-5-29)25-49-14-16-50(17-15-49)33-8-9-36(41(20-33)60-34-19-30-11-13-46-42(30)47-24-34)43(52)48-62(57,58)35-21-39(51(53)54)37-18-28(27-61(3,55)56)26-59-40(37)22-35/h5-10,12,14,21-24,26,30H,3-4,11,13,15-20,25,27-29H2,1-2H3,(H,49,50)(H,51,57);4-9,11,13,19-22,24,28H,10,12,14-18,23,25-27H2,1-3H3,(H,46,47)(H,48,52)/t30-;28-/m10/s1. The summed E-state index contributed by atoms with van der Waals surface area (Å²) in [6, 6.07) is 37.5. The number of aromatic amines is 2. The summed E-state index contributed by atoms with van der Waals surface area (Å²) < 4.78 is 108. The van der Waals surface area contributed by atoms with Gasteiger partial charge in [-0.25, -0.2) is 44.7 Å². The highest BCUT2D eigenvalue weighted by molar-refractivity contribution is 7.91. The van der Waals surface area contributed by atoms with Gasteiger partial charge in [0.2, 0.25) is 5.91 Å². The molecule has 4 N–H and O–H groups in total. The first-order valence-electron chi connectivity index (χ1n) is 41.9. The average Bonchev–Trinajstić information content (AvgIpc) is 0.851. The van der Waals surface area contributed by atoms with E-state index in [0.29, 0.717) is 73.5 Å². The number of amides is 3. The molecule has 0 unspecified atom stereocenters. The molecule has 126 heavy (non-hydrogen) atoms. The molecule has 0 bridgehead atoms. The summed E-state index contributed by atoms with van der Waals surface area (Å²) in [4.78, 5) is 88.2. The number of halogens is 2. The van der Waals surface area contributed by atoms with E-state index in [9.17, 15) is 59.9 Å². The number of ether oxygens (including phenoxy) is 4. The third-order valence-corrected chi connectivity index (χ3v) is 28.8. The summed E-state index contributed by atoms with van der Waals surface area (Å²) in [5, 5.41) is 27.4. The van der Waals surface area contributed by atoms with Crippen molar-refractivity contribution in [3.8, 4) is 34.5 Å². The highest BCUT2D eigenvalue weighted by Gasteiger charge is 2.39. The van der Waals surface area contributed by atoms with Crippen molar-refractivity contribution in [2.75, 3.05) is 114 Å². The molecular weight excluding hydrogens is 1710 g/mol. The number of anilines is 2. The maximum absolute atomic E-state index is 14.0. The zero-order valence-corrected chi connectivity index (χ0v) is 74.3. The predicted octanol–water partition coefficient (Wildman–Crippen LogP) is 15.4. The van der Waals surface area contributed by atoms with Crippen molar-refractivity contribution in [1.82, 2.24) is 44.1 Å². The second-order valence-electron chi connectivity index (χ2n) is 35.1. The number of nitro groups is 2. The SMILES string of the molecule is CC1(C)CCC(CN2CCN(c3ccc(C(=O)NS(=O)(=O)c4cc5c(c([N+](=O)[O-])c4)C[C@H](CN4CCCC4=O)CO5)c(Oc4cnc5[nH]ccc5c4)c3)CC2)=C(c2ccc(Cl)cc2)C1.CC1(C)CCC(CN2CCN(c3ccc(C(=O)NS(=O)(=O)c4cc5c(c([N+](=O)[O-])c4)C[C@H](CS(C)(=O)=O)CO5)c(Oc4cnc5[nH]ccc5c4)c3)CC2)=C(c2ccc(Cl)cc2)C1. The van der Waals surface area contributed by atoms with Gasteiger partial charge >= 0.3 is 0 Å². The third kappa shape index (κ3) is 20.5. The van der Waals surface area contributed by atoms with Gasteiger partial charge in [-0.3, -0.25) is 44.4 Å². The molecule has 3 fully saturated rings. The van der Waals surface area contributed by atoms with Crippen molar-refractivity contribution >= 4 is 127 Å². The molecule has 0 spiro atoms. The molecule has 4 aromatic heterocycles. The molecule has 35 heteroatoms. The monoisotopic (exact) mass is 1810 g/mol. The Bertz CT molecular complexity index is 6360. The first kappa shape index (κ1) is 88.0. The Balaban J connectivity index is 0.000000186. The molecule has 2 aliphatic carbocycles. The van der Waals surface area contributed by atoms with E-state index < -0.39 is 78.6 Å². The summed E-state index contributed by atoms with van der Waals surface area (Å²) >= 11 is 12.5. The normalized spacial score (nSPS) is 18.7. The molecular formula is C91H97Cl2N13O17S3. The van der Waals surface area contributed by atoms with Gasteiger partial charge in [0.05, 0.1) is 73.3 Å². The minimum Gasteiger partial charge on any atom is -0.493 e. The number of piperazine rings is 2. The minimum absolute atomic E-state index is 0.00126. The minimum atomic E-state index is -4.71. The number of H-pyrrole nitrogens is 2. The van der Waals surface area contributed by atoms with Crippen molar-refractivity contribution in [2.24, 2.45) is 22.7 Å². The molecule has 2 atom stereocenters. The lowest BCUT2D eigenvalue weighted by atomic mass is 9.72. The highest BCUT2D eigenvalue weighted by Crippen LogP contribution is 2.47. The lowest BCUT2D eigenvalue weighted by Gasteiger charge is -2.39. The number of nitrogens with zero attached hydrogens (tertiary/aromatic N) is 9. The smallest absolute Gasteiger partial charge is 0.277 e. The molecule has 17 rings (SSSR count). The molecule has 3 amide bonds. The quantitative estimate of drug-likeness (QED) is 0.0322. The molecule has 660 valence electrons. The zero-order valence-electron chi connectivity index (χ0n) is 70.3. The van der Waals surface area contributed by atoms with Crippen LogP contribution in [0.2, 0.25) is 10.0 Å². The number of hydrogen-bond acceptors (Lipinski definition) is 23. The van der Waals surface area contributed by atoms with Crippen LogP contribution in [-0.4, -0.2) is 191 Å². The van der Waals surface area contributed by atoms with E-state index >= 15 is 0 Å². The summed E-state index contributed by atoms with van der Waals surface area (Å²) in [6.07, 6.45) is 15.3. The molecule has 9 heterocycles. The number of fused-ring (bicyclic) bond motifs is 4. The van der Waals surface area contributed by atoms with Crippen LogP contribution in [0, 0.1) is 42.9 Å². The van der Waals surface area contributed by atoms with Crippen molar-refractivity contribution in [1.29, 1.82) is 0 Å². The van der Waals surface area contributed by atoms with Crippen molar-refractivity contribution in [3.05, 3.63) is 233 Å². The number of benzene rings is 6. The lowest BCUT2D eigenvalue weighted by Crippen LogP contribution is -2.47. The molecule has 0 saturated carbocycles. The van der Waals surface area contributed by atoms with Crippen LogP contribution >= 0.6 is 23.2 Å².